The molecule has 13 heavy (non-hydrogen) atoms. The molecule has 0 aliphatic rings. The van der Waals surface area contributed by atoms with Crippen molar-refractivity contribution in [2.75, 3.05) is 0 Å². The molecule has 68 valence electrons. The molecule has 0 aliphatic heterocycles. The van der Waals surface area contributed by atoms with Crippen molar-refractivity contribution in [2.45, 2.75) is 20.1 Å². The van der Waals surface area contributed by atoms with Crippen LogP contribution in [0.15, 0.2) is 6.20 Å². The second-order valence-corrected chi connectivity index (χ2v) is 2.51. The minimum absolute atomic E-state index is 0. The number of aliphatic hydroxyl groups excluding tert-OH is 2. The molecule has 1 rings (SSSR count). The van der Waals surface area contributed by atoms with Crippen LogP contribution in [0.3, 0.4) is 0 Å². The number of pyridine rings is 1. The molecule has 0 atom stereocenters. The van der Waals surface area contributed by atoms with Crippen LogP contribution < -0.4 is 0 Å². The van der Waals surface area contributed by atoms with Gasteiger partial charge in [-0.15, -0.1) is 0 Å². The zero-order valence-electron chi connectivity index (χ0n) is 6.78. The van der Waals surface area contributed by atoms with E-state index in [1.165, 1.54) is 6.20 Å². The summed E-state index contributed by atoms with van der Waals surface area (Å²) in [5, 5.41) is 27.0. The van der Waals surface area contributed by atoms with Crippen LogP contribution in [0.2, 0.25) is 0 Å². The molecule has 3 N–H and O–H groups in total. The zero-order valence-corrected chi connectivity index (χ0v) is 6.78. The van der Waals surface area contributed by atoms with Crippen molar-refractivity contribution in [2.24, 2.45) is 0 Å². The molecule has 5 heteroatoms. The molecular weight excluding hydrogens is 197 g/mol. The Balaban J connectivity index is 0.00000144. The monoisotopic (exact) mass is 209 g/mol. The summed E-state index contributed by atoms with van der Waals surface area (Å²) in [6.07, 6.45) is 1.45. The molecule has 0 radical (unpaired) electrons. The molecular formula is C8H12KNO3. The van der Waals surface area contributed by atoms with Gasteiger partial charge in [-0.05, 0) is 6.92 Å². The summed E-state index contributed by atoms with van der Waals surface area (Å²) in [4.78, 5) is 3.84. The third kappa shape index (κ3) is 2.98. The number of hydrogen-bond acceptors (Lipinski definition) is 4. The standard InChI is InChI=1S/C8H11NO3.K.H/c1-5-8(12)7(4-11)6(3-10)2-9-5;;/h2,10-12H,3-4H2,1H3;;. The third-order valence-electron chi connectivity index (χ3n) is 1.76. The van der Waals surface area contributed by atoms with E-state index < -0.39 is 0 Å². The first-order valence-electron chi connectivity index (χ1n) is 3.58. The topological polar surface area (TPSA) is 73.6 Å². The Labute approximate surface area is 119 Å². The van der Waals surface area contributed by atoms with Gasteiger partial charge in [0.2, 0.25) is 0 Å². The van der Waals surface area contributed by atoms with E-state index in [0.29, 0.717) is 16.8 Å². The van der Waals surface area contributed by atoms with Crippen molar-refractivity contribution < 1.29 is 15.3 Å². The molecule has 0 unspecified atom stereocenters. The Morgan fingerprint density at radius 3 is 2.38 bits per heavy atom. The Morgan fingerprint density at radius 1 is 1.31 bits per heavy atom. The van der Waals surface area contributed by atoms with Crippen molar-refractivity contribution in [1.29, 1.82) is 0 Å². The molecule has 0 fully saturated rings. The van der Waals surface area contributed by atoms with Gasteiger partial charge in [0.25, 0.3) is 0 Å². The number of aromatic nitrogens is 1. The first-order chi connectivity index (χ1) is 5.70. The molecule has 0 bridgehead atoms. The van der Waals surface area contributed by atoms with E-state index >= 15 is 0 Å². The van der Waals surface area contributed by atoms with Gasteiger partial charge in [-0.3, -0.25) is 4.98 Å². The van der Waals surface area contributed by atoms with Crippen LogP contribution in [-0.4, -0.2) is 71.7 Å². The molecule has 0 saturated carbocycles. The number of aromatic hydroxyl groups is 1. The summed E-state index contributed by atoms with van der Waals surface area (Å²) in [6, 6.07) is 0. The molecule has 4 nitrogen and oxygen atoms in total. The SMILES string of the molecule is Cc1ncc(CO)c(CO)c1O.[KH]. The molecule has 1 aromatic rings. The van der Waals surface area contributed by atoms with Crippen molar-refractivity contribution in [1.82, 2.24) is 4.98 Å². The van der Waals surface area contributed by atoms with E-state index in [2.05, 4.69) is 4.98 Å². The second-order valence-electron chi connectivity index (χ2n) is 2.51. The molecule has 0 aromatic carbocycles. The van der Waals surface area contributed by atoms with Gasteiger partial charge in [0, 0.05) is 17.3 Å². The molecule has 0 saturated heterocycles. The average Bonchev–Trinajstić information content (AvgIpc) is 2.09. The fourth-order valence-corrected chi connectivity index (χ4v) is 0.997. The maximum absolute atomic E-state index is 9.38. The van der Waals surface area contributed by atoms with Gasteiger partial charge in [-0.25, -0.2) is 0 Å². The molecule has 1 heterocycles. The van der Waals surface area contributed by atoms with Crippen LogP contribution in [0.4, 0.5) is 0 Å². The Kier molecular flexibility index (Phi) is 6.31. The van der Waals surface area contributed by atoms with Gasteiger partial charge >= 0.3 is 51.4 Å². The number of hydrogen-bond donors (Lipinski definition) is 3. The first-order valence-corrected chi connectivity index (χ1v) is 3.58. The van der Waals surface area contributed by atoms with Gasteiger partial charge in [0.05, 0.1) is 18.9 Å². The number of nitrogens with zero attached hydrogens (tertiary/aromatic N) is 1. The minimum atomic E-state index is -0.287. The number of aryl methyl sites for hydroxylation is 1. The van der Waals surface area contributed by atoms with Gasteiger partial charge in [-0.1, -0.05) is 0 Å². The predicted octanol–water partition coefficient (Wildman–Crippen LogP) is -0.568. The Hall–Kier alpha value is 0.506. The van der Waals surface area contributed by atoms with Crippen LogP contribution in [-0.2, 0) is 13.2 Å². The summed E-state index contributed by atoms with van der Waals surface area (Å²) < 4.78 is 0. The molecule has 0 aliphatic carbocycles. The normalized spacial score (nSPS) is 9.46. The summed E-state index contributed by atoms with van der Waals surface area (Å²) in [5.41, 5.74) is 1.27. The van der Waals surface area contributed by atoms with Crippen LogP contribution in [0.1, 0.15) is 16.8 Å². The van der Waals surface area contributed by atoms with Gasteiger partial charge < -0.3 is 15.3 Å². The fourth-order valence-electron chi connectivity index (χ4n) is 0.997. The second kappa shape index (κ2) is 6.08. The Bertz CT molecular complexity index is 291. The molecule has 0 spiro atoms. The number of aliphatic hydroxyl groups is 2. The van der Waals surface area contributed by atoms with Crippen LogP contribution in [0.5, 0.6) is 5.75 Å². The summed E-state index contributed by atoms with van der Waals surface area (Å²) in [7, 11) is 0. The van der Waals surface area contributed by atoms with E-state index in [0.717, 1.165) is 0 Å². The summed E-state index contributed by atoms with van der Waals surface area (Å²) in [6.45, 7) is 1.12. The van der Waals surface area contributed by atoms with Gasteiger partial charge in [0.15, 0.2) is 0 Å². The van der Waals surface area contributed by atoms with Crippen LogP contribution in [0, 0.1) is 6.92 Å². The van der Waals surface area contributed by atoms with E-state index in [-0.39, 0.29) is 70.3 Å². The zero-order chi connectivity index (χ0) is 9.14. The van der Waals surface area contributed by atoms with Crippen molar-refractivity contribution in [3.05, 3.63) is 23.0 Å². The fraction of sp³-hybridized carbons (Fsp3) is 0.375. The van der Waals surface area contributed by atoms with E-state index in [9.17, 15) is 5.11 Å². The van der Waals surface area contributed by atoms with Crippen LogP contribution >= 0.6 is 0 Å². The van der Waals surface area contributed by atoms with E-state index in [4.69, 9.17) is 10.2 Å². The van der Waals surface area contributed by atoms with Crippen molar-refractivity contribution >= 4 is 51.4 Å². The van der Waals surface area contributed by atoms with E-state index in [1.807, 2.05) is 0 Å². The van der Waals surface area contributed by atoms with Crippen LogP contribution in [0.25, 0.3) is 0 Å². The Morgan fingerprint density at radius 2 is 1.92 bits per heavy atom. The van der Waals surface area contributed by atoms with E-state index in [1.54, 1.807) is 6.92 Å². The van der Waals surface area contributed by atoms with Gasteiger partial charge in [0.1, 0.15) is 5.75 Å². The van der Waals surface area contributed by atoms with Crippen molar-refractivity contribution in [3.8, 4) is 5.75 Å². The first kappa shape index (κ1) is 13.5. The quantitative estimate of drug-likeness (QED) is 0.570. The molecule has 1 aromatic heterocycles. The summed E-state index contributed by atoms with van der Waals surface area (Å²) >= 11 is 0. The summed E-state index contributed by atoms with van der Waals surface area (Å²) in [5.74, 6) is -0.0379. The van der Waals surface area contributed by atoms with Gasteiger partial charge in [-0.2, -0.15) is 0 Å². The maximum atomic E-state index is 9.38. The third-order valence-corrected chi connectivity index (χ3v) is 1.76. The molecule has 0 amide bonds. The average molecular weight is 209 g/mol. The van der Waals surface area contributed by atoms with Crippen molar-refractivity contribution in [3.63, 3.8) is 0 Å². The number of rotatable bonds is 2. The predicted molar refractivity (Wildman–Crippen MR) is 49.6 cm³/mol.